The molecule has 0 amide bonds. The van der Waals surface area contributed by atoms with Crippen LogP contribution in [0.1, 0.15) is 12.5 Å². The van der Waals surface area contributed by atoms with E-state index in [1.54, 1.807) is 6.07 Å². The molecule has 0 saturated carbocycles. The molecule has 0 radical (unpaired) electrons. The fourth-order valence-electron chi connectivity index (χ4n) is 1.37. The molecule has 0 bridgehead atoms. The first-order chi connectivity index (χ1) is 8.93. The third kappa shape index (κ3) is 4.70. The molecule has 1 aromatic rings. The van der Waals surface area contributed by atoms with Crippen LogP contribution in [0.4, 0.5) is 8.78 Å². The van der Waals surface area contributed by atoms with Crippen LogP contribution in [0.3, 0.4) is 0 Å². The minimum Gasteiger partial charge on any atom is -0.493 e. The van der Waals surface area contributed by atoms with E-state index in [0.29, 0.717) is 5.56 Å². The summed E-state index contributed by atoms with van der Waals surface area (Å²) >= 11 is 0. The van der Waals surface area contributed by atoms with Crippen LogP contribution in [0, 0.1) is 0 Å². The molecule has 0 saturated heterocycles. The van der Waals surface area contributed by atoms with Gasteiger partial charge in [0.2, 0.25) is 0 Å². The van der Waals surface area contributed by atoms with Gasteiger partial charge in [-0.3, -0.25) is 4.79 Å². The lowest BCUT2D eigenvalue weighted by molar-refractivity contribution is -0.139. The highest BCUT2D eigenvalue weighted by molar-refractivity contribution is 5.72. The molecule has 19 heavy (non-hydrogen) atoms. The summed E-state index contributed by atoms with van der Waals surface area (Å²) in [6, 6.07) is 3.72. The minimum absolute atomic E-state index is 0.0625. The highest BCUT2D eigenvalue weighted by Gasteiger charge is 2.13. The zero-order valence-corrected chi connectivity index (χ0v) is 10.5. The first-order valence-electron chi connectivity index (χ1n) is 5.52. The highest BCUT2D eigenvalue weighted by atomic mass is 19.3. The maximum absolute atomic E-state index is 12.1. The van der Waals surface area contributed by atoms with Gasteiger partial charge in [0.15, 0.2) is 11.5 Å². The Bertz CT molecular complexity index is 440. The van der Waals surface area contributed by atoms with Gasteiger partial charge in [0.1, 0.15) is 6.04 Å². The van der Waals surface area contributed by atoms with Gasteiger partial charge >= 0.3 is 12.6 Å². The van der Waals surface area contributed by atoms with Crippen molar-refractivity contribution in [1.82, 2.24) is 5.32 Å². The number of halogens is 2. The van der Waals surface area contributed by atoms with Crippen molar-refractivity contribution >= 4 is 5.97 Å². The Hall–Kier alpha value is -1.89. The molecule has 106 valence electrons. The molecule has 0 heterocycles. The lowest BCUT2D eigenvalue weighted by atomic mass is 10.2. The Morgan fingerprint density at radius 1 is 1.42 bits per heavy atom. The molecular formula is C12H15F2NO4. The number of aliphatic carboxylic acids is 1. The van der Waals surface area contributed by atoms with Gasteiger partial charge in [-0.05, 0) is 24.6 Å². The van der Waals surface area contributed by atoms with Crippen LogP contribution >= 0.6 is 0 Å². The van der Waals surface area contributed by atoms with E-state index in [-0.39, 0.29) is 18.0 Å². The number of alkyl halides is 2. The predicted molar refractivity (Wildman–Crippen MR) is 63.6 cm³/mol. The van der Waals surface area contributed by atoms with Gasteiger partial charge in [0.25, 0.3) is 0 Å². The van der Waals surface area contributed by atoms with Crippen molar-refractivity contribution in [2.45, 2.75) is 26.1 Å². The highest BCUT2D eigenvalue weighted by Crippen LogP contribution is 2.29. The van der Waals surface area contributed by atoms with Gasteiger partial charge in [-0.15, -0.1) is 0 Å². The van der Waals surface area contributed by atoms with Gasteiger partial charge in [0.05, 0.1) is 7.11 Å². The molecule has 0 aromatic heterocycles. The smallest absolute Gasteiger partial charge is 0.387 e. The van der Waals surface area contributed by atoms with Crippen LogP contribution in [-0.2, 0) is 11.3 Å². The van der Waals surface area contributed by atoms with Crippen LogP contribution < -0.4 is 14.8 Å². The summed E-state index contributed by atoms with van der Waals surface area (Å²) in [5.41, 5.74) is 0.701. The third-order valence-corrected chi connectivity index (χ3v) is 2.43. The molecule has 0 aliphatic rings. The SMILES string of the molecule is COc1cc(CN[C@H](C)C(=O)O)ccc1OC(F)F. The topological polar surface area (TPSA) is 67.8 Å². The van der Waals surface area contributed by atoms with Crippen LogP contribution in [0.15, 0.2) is 18.2 Å². The van der Waals surface area contributed by atoms with Gasteiger partial charge in [-0.25, -0.2) is 0 Å². The van der Waals surface area contributed by atoms with E-state index in [9.17, 15) is 13.6 Å². The fraction of sp³-hybridized carbons (Fsp3) is 0.417. The Kier molecular flexibility index (Phi) is 5.50. The van der Waals surface area contributed by atoms with Crippen molar-refractivity contribution in [3.63, 3.8) is 0 Å². The van der Waals surface area contributed by atoms with Gasteiger partial charge in [0, 0.05) is 6.54 Å². The van der Waals surface area contributed by atoms with Crippen LogP contribution in [-0.4, -0.2) is 30.8 Å². The second kappa shape index (κ2) is 6.89. The number of nitrogens with one attached hydrogen (secondary N) is 1. The molecule has 0 unspecified atom stereocenters. The standard InChI is InChI=1S/C12H15F2NO4/c1-7(11(16)17)15-6-8-3-4-9(19-12(13)14)10(5-8)18-2/h3-5,7,12,15H,6H2,1-2H3,(H,16,17)/t7-/m1/s1. The number of carbonyl (C=O) groups is 1. The number of benzene rings is 1. The maximum Gasteiger partial charge on any atom is 0.387 e. The van der Waals surface area contributed by atoms with E-state index in [1.165, 1.54) is 26.2 Å². The second-order valence-corrected chi connectivity index (χ2v) is 3.80. The second-order valence-electron chi connectivity index (χ2n) is 3.80. The van der Waals surface area contributed by atoms with Gasteiger partial charge in [-0.1, -0.05) is 6.07 Å². The Morgan fingerprint density at radius 3 is 2.63 bits per heavy atom. The van der Waals surface area contributed by atoms with E-state index < -0.39 is 18.6 Å². The Balaban J connectivity index is 2.73. The molecule has 0 aliphatic heterocycles. The predicted octanol–water partition coefficient (Wildman–Crippen LogP) is 1.86. The van der Waals surface area contributed by atoms with E-state index in [0.717, 1.165) is 0 Å². The van der Waals surface area contributed by atoms with Crippen LogP contribution in [0.5, 0.6) is 11.5 Å². The molecule has 0 spiro atoms. The molecule has 1 atom stereocenters. The Morgan fingerprint density at radius 2 is 2.11 bits per heavy atom. The van der Waals surface area contributed by atoms with Crippen molar-refractivity contribution in [1.29, 1.82) is 0 Å². The average Bonchev–Trinajstić information content (AvgIpc) is 2.36. The number of hydrogen-bond acceptors (Lipinski definition) is 4. The van der Waals surface area contributed by atoms with Crippen molar-refractivity contribution in [2.75, 3.05) is 7.11 Å². The normalized spacial score (nSPS) is 12.3. The minimum atomic E-state index is -2.93. The van der Waals surface area contributed by atoms with Crippen LogP contribution in [0.25, 0.3) is 0 Å². The monoisotopic (exact) mass is 275 g/mol. The quantitative estimate of drug-likeness (QED) is 0.795. The number of hydrogen-bond donors (Lipinski definition) is 2. The average molecular weight is 275 g/mol. The molecule has 7 heteroatoms. The number of carboxylic acids is 1. The lowest BCUT2D eigenvalue weighted by Crippen LogP contribution is -2.33. The molecule has 5 nitrogen and oxygen atoms in total. The summed E-state index contributed by atoms with van der Waals surface area (Å²) in [7, 11) is 1.34. The lowest BCUT2D eigenvalue weighted by Gasteiger charge is -2.13. The van der Waals surface area contributed by atoms with Crippen molar-refractivity contribution in [2.24, 2.45) is 0 Å². The summed E-state index contributed by atoms with van der Waals surface area (Å²) in [5, 5.41) is 11.5. The van der Waals surface area contributed by atoms with Crippen molar-refractivity contribution < 1.29 is 28.2 Å². The Labute approximate surface area is 109 Å². The molecule has 0 fully saturated rings. The van der Waals surface area contributed by atoms with E-state index >= 15 is 0 Å². The maximum atomic E-state index is 12.1. The van der Waals surface area contributed by atoms with E-state index in [1.807, 2.05) is 0 Å². The number of ether oxygens (including phenoxy) is 2. The number of methoxy groups -OCH3 is 1. The molecule has 1 rings (SSSR count). The first-order valence-corrected chi connectivity index (χ1v) is 5.52. The zero-order chi connectivity index (χ0) is 14.4. The summed E-state index contributed by atoms with van der Waals surface area (Å²) in [6.45, 7) is -1.14. The van der Waals surface area contributed by atoms with E-state index in [4.69, 9.17) is 9.84 Å². The van der Waals surface area contributed by atoms with Gasteiger partial charge in [-0.2, -0.15) is 8.78 Å². The molecule has 0 aliphatic carbocycles. The summed E-state index contributed by atoms with van der Waals surface area (Å²) in [4.78, 5) is 10.6. The molecule has 2 N–H and O–H groups in total. The largest absolute Gasteiger partial charge is 0.493 e. The summed E-state index contributed by atoms with van der Waals surface area (Å²) in [6.07, 6.45) is 0. The summed E-state index contributed by atoms with van der Waals surface area (Å²) < 4.78 is 33.5. The van der Waals surface area contributed by atoms with Crippen LogP contribution in [0.2, 0.25) is 0 Å². The fourth-order valence-corrected chi connectivity index (χ4v) is 1.37. The number of rotatable bonds is 7. The molecule has 1 aromatic carbocycles. The molecular weight excluding hydrogens is 260 g/mol. The van der Waals surface area contributed by atoms with Crippen molar-refractivity contribution in [3.05, 3.63) is 23.8 Å². The zero-order valence-electron chi connectivity index (χ0n) is 10.5. The van der Waals surface area contributed by atoms with E-state index in [2.05, 4.69) is 10.1 Å². The third-order valence-electron chi connectivity index (χ3n) is 2.43. The van der Waals surface area contributed by atoms with Crippen molar-refractivity contribution in [3.8, 4) is 11.5 Å². The summed E-state index contributed by atoms with van der Waals surface area (Å²) in [5.74, 6) is -0.861. The number of carboxylic acid groups (broad SMARTS) is 1. The first kappa shape index (κ1) is 15.2. The van der Waals surface area contributed by atoms with Gasteiger partial charge < -0.3 is 19.9 Å².